The summed E-state index contributed by atoms with van der Waals surface area (Å²) in [7, 11) is 1.90. The minimum absolute atomic E-state index is 0.507. The summed E-state index contributed by atoms with van der Waals surface area (Å²) >= 11 is 0. The fourth-order valence-corrected chi connectivity index (χ4v) is 2.84. The number of benzene rings is 1. The van der Waals surface area contributed by atoms with Crippen molar-refractivity contribution < 1.29 is 5.11 Å². The molecule has 0 atom stereocenters. The number of likely N-dealkylation sites (tertiary alicyclic amines) is 1. The Morgan fingerprint density at radius 3 is 2.58 bits per heavy atom. The number of hydrogen-bond donors (Lipinski definition) is 2. The van der Waals surface area contributed by atoms with Gasteiger partial charge in [-0.1, -0.05) is 23.8 Å². The molecule has 106 valence electrons. The number of rotatable bonds is 4. The Balaban J connectivity index is 1.94. The molecule has 0 bridgehead atoms. The van der Waals surface area contributed by atoms with Gasteiger partial charge >= 0.3 is 0 Å². The summed E-state index contributed by atoms with van der Waals surface area (Å²) < 4.78 is 0. The van der Waals surface area contributed by atoms with Crippen LogP contribution in [0.1, 0.15) is 29.5 Å². The zero-order valence-corrected chi connectivity index (χ0v) is 12.4. The lowest BCUT2D eigenvalue weighted by Crippen LogP contribution is -2.49. The average Bonchev–Trinajstić information content (AvgIpc) is 2.37. The van der Waals surface area contributed by atoms with Crippen LogP contribution in [0.3, 0.4) is 0 Å². The average molecular weight is 262 g/mol. The van der Waals surface area contributed by atoms with Gasteiger partial charge in [-0.15, -0.1) is 0 Å². The van der Waals surface area contributed by atoms with E-state index in [1.807, 2.05) is 7.05 Å². The minimum Gasteiger partial charge on any atom is -0.388 e. The van der Waals surface area contributed by atoms with Crippen LogP contribution < -0.4 is 5.32 Å². The van der Waals surface area contributed by atoms with Crippen molar-refractivity contribution in [3.8, 4) is 0 Å². The Morgan fingerprint density at radius 1 is 1.26 bits per heavy atom. The summed E-state index contributed by atoms with van der Waals surface area (Å²) in [4.78, 5) is 2.45. The summed E-state index contributed by atoms with van der Waals surface area (Å²) in [6.07, 6.45) is 1.72. The topological polar surface area (TPSA) is 35.5 Å². The first kappa shape index (κ1) is 14.5. The lowest BCUT2D eigenvalue weighted by Gasteiger charge is -2.38. The van der Waals surface area contributed by atoms with Gasteiger partial charge in [0.25, 0.3) is 0 Å². The molecule has 1 aromatic carbocycles. The predicted octanol–water partition coefficient (Wildman–Crippen LogP) is 1.85. The molecule has 1 saturated heterocycles. The van der Waals surface area contributed by atoms with Gasteiger partial charge in [-0.2, -0.15) is 0 Å². The fourth-order valence-electron chi connectivity index (χ4n) is 2.84. The van der Waals surface area contributed by atoms with E-state index in [2.05, 4.69) is 42.3 Å². The van der Waals surface area contributed by atoms with Gasteiger partial charge in [0, 0.05) is 26.2 Å². The summed E-state index contributed by atoms with van der Waals surface area (Å²) in [5.41, 5.74) is 3.59. The van der Waals surface area contributed by atoms with Crippen molar-refractivity contribution in [3.63, 3.8) is 0 Å². The number of nitrogens with one attached hydrogen (secondary N) is 1. The summed E-state index contributed by atoms with van der Waals surface area (Å²) in [6.45, 7) is 7.98. The van der Waals surface area contributed by atoms with Gasteiger partial charge in [-0.3, -0.25) is 4.90 Å². The van der Waals surface area contributed by atoms with E-state index in [4.69, 9.17) is 0 Å². The summed E-state index contributed by atoms with van der Waals surface area (Å²) in [5.74, 6) is 0. The molecule has 3 heteroatoms. The quantitative estimate of drug-likeness (QED) is 0.869. The molecular weight excluding hydrogens is 236 g/mol. The first-order valence-electron chi connectivity index (χ1n) is 7.18. The third-order valence-corrected chi connectivity index (χ3v) is 4.19. The number of aryl methyl sites for hydroxylation is 2. The van der Waals surface area contributed by atoms with Gasteiger partial charge in [0.2, 0.25) is 0 Å². The highest BCUT2D eigenvalue weighted by Gasteiger charge is 2.31. The van der Waals surface area contributed by atoms with Crippen LogP contribution >= 0.6 is 0 Å². The highest BCUT2D eigenvalue weighted by Crippen LogP contribution is 2.23. The predicted molar refractivity (Wildman–Crippen MR) is 79.3 cm³/mol. The van der Waals surface area contributed by atoms with E-state index in [0.717, 1.165) is 32.5 Å². The van der Waals surface area contributed by atoms with Crippen molar-refractivity contribution in [1.29, 1.82) is 0 Å². The molecule has 19 heavy (non-hydrogen) atoms. The third kappa shape index (κ3) is 3.78. The normalized spacial score (nSPS) is 19.6. The molecule has 0 saturated carbocycles. The Hall–Kier alpha value is -0.900. The molecule has 0 aromatic heterocycles. The fraction of sp³-hybridized carbons (Fsp3) is 0.625. The highest BCUT2D eigenvalue weighted by molar-refractivity contribution is 5.30. The second-order valence-electron chi connectivity index (χ2n) is 5.96. The van der Waals surface area contributed by atoms with Crippen molar-refractivity contribution >= 4 is 0 Å². The van der Waals surface area contributed by atoms with Crippen molar-refractivity contribution in [3.05, 3.63) is 34.9 Å². The molecule has 1 aliphatic rings. The van der Waals surface area contributed by atoms with Crippen molar-refractivity contribution in [2.24, 2.45) is 0 Å². The van der Waals surface area contributed by atoms with E-state index in [-0.39, 0.29) is 0 Å². The van der Waals surface area contributed by atoms with Crippen LogP contribution in [0.2, 0.25) is 0 Å². The molecule has 3 nitrogen and oxygen atoms in total. The number of likely N-dealkylation sites (N-methyl/N-ethyl adjacent to an activating group) is 1. The molecule has 1 aromatic rings. The molecule has 0 unspecified atom stereocenters. The van der Waals surface area contributed by atoms with Gasteiger partial charge < -0.3 is 10.4 Å². The lowest BCUT2D eigenvalue weighted by molar-refractivity contribution is -0.0204. The number of nitrogens with zero attached hydrogens (tertiary/aromatic N) is 1. The van der Waals surface area contributed by atoms with Crippen LogP contribution in [0, 0.1) is 13.8 Å². The third-order valence-electron chi connectivity index (χ3n) is 4.19. The van der Waals surface area contributed by atoms with Crippen molar-refractivity contribution in [2.75, 3.05) is 26.7 Å². The van der Waals surface area contributed by atoms with E-state index in [1.165, 1.54) is 16.7 Å². The molecule has 0 amide bonds. The molecule has 1 fully saturated rings. The van der Waals surface area contributed by atoms with Crippen LogP contribution in [0.15, 0.2) is 18.2 Å². The summed E-state index contributed by atoms with van der Waals surface area (Å²) in [5, 5.41) is 13.5. The van der Waals surface area contributed by atoms with Gasteiger partial charge in [0.15, 0.2) is 0 Å². The van der Waals surface area contributed by atoms with E-state index in [0.29, 0.717) is 6.54 Å². The maximum Gasteiger partial charge on any atom is 0.0795 e. The second kappa shape index (κ2) is 6.04. The second-order valence-corrected chi connectivity index (χ2v) is 5.96. The monoisotopic (exact) mass is 262 g/mol. The zero-order chi connectivity index (χ0) is 13.9. The molecule has 1 heterocycles. The van der Waals surface area contributed by atoms with Crippen LogP contribution in [-0.4, -0.2) is 42.3 Å². The molecule has 2 N–H and O–H groups in total. The Bertz CT molecular complexity index is 423. The van der Waals surface area contributed by atoms with Crippen LogP contribution in [0.4, 0.5) is 0 Å². The highest BCUT2D eigenvalue weighted by atomic mass is 16.3. The lowest BCUT2D eigenvalue weighted by atomic mass is 9.91. The van der Waals surface area contributed by atoms with E-state index in [9.17, 15) is 5.11 Å². The van der Waals surface area contributed by atoms with Crippen LogP contribution in [0.5, 0.6) is 0 Å². The Morgan fingerprint density at radius 2 is 1.95 bits per heavy atom. The zero-order valence-electron chi connectivity index (χ0n) is 12.4. The molecule has 1 aliphatic heterocycles. The number of piperidine rings is 1. The van der Waals surface area contributed by atoms with Gasteiger partial charge in [-0.05, 0) is 44.9 Å². The maximum atomic E-state index is 10.4. The largest absolute Gasteiger partial charge is 0.388 e. The summed E-state index contributed by atoms with van der Waals surface area (Å²) in [6, 6.07) is 6.65. The Labute approximate surface area is 116 Å². The first-order chi connectivity index (χ1) is 9.02. The minimum atomic E-state index is -0.507. The molecular formula is C16H26N2O. The standard InChI is InChI=1S/C16H26N2O/c1-13-4-5-14(2)15(10-13)11-18-8-6-16(19,7-9-18)12-17-3/h4-5,10,17,19H,6-9,11-12H2,1-3H3. The van der Waals surface area contributed by atoms with Crippen LogP contribution in [0.25, 0.3) is 0 Å². The van der Waals surface area contributed by atoms with Crippen molar-refractivity contribution in [1.82, 2.24) is 10.2 Å². The Kier molecular flexibility index (Phi) is 4.61. The van der Waals surface area contributed by atoms with E-state index >= 15 is 0 Å². The first-order valence-corrected chi connectivity index (χ1v) is 7.18. The maximum absolute atomic E-state index is 10.4. The van der Waals surface area contributed by atoms with E-state index in [1.54, 1.807) is 0 Å². The van der Waals surface area contributed by atoms with Gasteiger partial charge in [0.05, 0.1) is 5.60 Å². The van der Waals surface area contributed by atoms with Crippen molar-refractivity contribution in [2.45, 2.75) is 38.8 Å². The van der Waals surface area contributed by atoms with Gasteiger partial charge in [0.1, 0.15) is 0 Å². The molecule has 0 spiro atoms. The number of hydrogen-bond acceptors (Lipinski definition) is 3. The molecule has 0 radical (unpaired) electrons. The number of aliphatic hydroxyl groups is 1. The SMILES string of the molecule is CNCC1(O)CCN(Cc2cc(C)ccc2C)CC1. The van der Waals surface area contributed by atoms with Gasteiger partial charge in [-0.25, -0.2) is 0 Å². The molecule has 0 aliphatic carbocycles. The van der Waals surface area contributed by atoms with Crippen LogP contribution in [-0.2, 0) is 6.54 Å². The van der Waals surface area contributed by atoms with E-state index < -0.39 is 5.60 Å². The molecule has 2 rings (SSSR count). The smallest absolute Gasteiger partial charge is 0.0795 e.